The number of halogens is 1. The smallest absolute Gasteiger partial charge is 0.230 e. The van der Waals surface area contributed by atoms with Gasteiger partial charge in [-0.25, -0.2) is 0 Å². The first kappa shape index (κ1) is 18.0. The van der Waals surface area contributed by atoms with Crippen LogP contribution in [0.1, 0.15) is 39.2 Å². The molecule has 2 N–H and O–H groups in total. The molecular weight excluding hydrogens is 284 g/mol. The van der Waals surface area contributed by atoms with Crippen molar-refractivity contribution in [2.75, 3.05) is 19.6 Å². The number of nitrogens with one attached hydrogen (secondary N) is 2. The van der Waals surface area contributed by atoms with Crippen molar-refractivity contribution < 1.29 is 4.79 Å². The second-order valence-electron chi connectivity index (χ2n) is 6.76. The van der Waals surface area contributed by atoms with Crippen LogP contribution in [-0.2, 0) is 10.2 Å². The maximum absolute atomic E-state index is 12.5. The molecule has 0 bridgehead atoms. The molecular formula is C17H27ClN2O. The lowest BCUT2D eigenvalue weighted by molar-refractivity contribution is -0.126. The zero-order valence-corrected chi connectivity index (χ0v) is 14.1. The fourth-order valence-corrected chi connectivity index (χ4v) is 2.77. The third-order valence-corrected chi connectivity index (χ3v) is 4.42. The molecule has 1 aliphatic rings. The lowest BCUT2D eigenvalue weighted by atomic mass is 9.81. The van der Waals surface area contributed by atoms with Crippen LogP contribution in [-0.4, -0.2) is 25.5 Å². The Morgan fingerprint density at radius 2 is 2.00 bits per heavy atom. The number of benzene rings is 1. The molecule has 0 saturated carbocycles. The quantitative estimate of drug-likeness (QED) is 0.898. The highest BCUT2D eigenvalue weighted by molar-refractivity contribution is 5.87. The van der Waals surface area contributed by atoms with Crippen molar-refractivity contribution in [2.45, 2.75) is 39.0 Å². The predicted molar refractivity (Wildman–Crippen MR) is 89.9 cm³/mol. The Bertz CT molecular complexity index is 453. The van der Waals surface area contributed by atoms with E-state index in [1.54, 1.807) is 0 Å². The number of hydrogen-bond donors (Lipinski definition) is 2. The zero-order valence-electron chi connectivity index (χ0n) is 13.2. The summed E-state index contributed by atoms with van der Waals surface area (Å²) in [5.41, 5.74) is 0.754. The normalized spacial score (nSPS) is 22.2. The van der Waals surface area contributed by atoms with Gasteiger partial charge in [-0.1, -0.05) is 37.3 Å². The monoisotopic (exact) mass is 310 g/mol. The average Bonchev–Trinajstić information content (AvgIpc) is 2.46. The van der Waals surface area contributed by atoms with Gasteiger partial charge in [-0.15, -0.1) is 12.4 Å². The van der Waals surface area contributed by atoms with Gasteiger partial charge in [0.1, 0.15) is 0 Å². The van der Waals surface area contributed by atoms with E-state index in [4.69, 9.17) is 0 Å². The Morgan fingerprint density at radius 1 is 1.33 bits per heavy atom. The topological polar surface area (TPSA) is 41.1 Å². The molecule has 0 radical (unpaired) electrons. The van der Waals surface area contributed by atoms with Gasteiger partial charge in [0.2, 0.25) is 5.91 Å². The molecule has 1 aliphatic heterocycles. The van der Waals surface area contributed by atoms with E-state index in [2.05, 4.69) is 17.6 Å². The number of hydrogen-bond acceptors (Lipinski definition) is 2. The summed E-state index contributed by atoms with van der Waals surface area (Å²) in [7, 11) is 0. The molecule has 0 spiro atoms. The Labute approximate surface area is 134 Å². The van der Waals surface area contributed by atoms with E-state index in [-0.39, 0.29) is 23.7 Å². The summed E-state index contributed by atoms with van der Waals surface area (Å²) in [5.74, 6) is 0.107. The van der Waals surface area contributed by atoms with Crippen LogP contribution < -0.4 is 10.6 Å². The first-order chi connectivity index (χ1) is 9.44. The fourth-order valence-electron chi connectivity index (χ4n) is 2.77. The molecule has 118 valence electrons. The maximum atomic E-state index is 12.5. The number of carbonyl (C=O) groups is 1. The Hall–Kier alpha value is -1.06. The van der Waals surface area contributed by atoms with Crippen LogP contribution >= 0.6 is 12.4 Å². The maximum Gasteiger partial charge on any atom is 0.230 e. The van der Waals surface area contributed by atoms with E-state index in [0.717, 1.165) is 25.2 Å². The fraction of sp³-hybridized carbons (Fsp3) is 0.588. The standard InChI is InChI=1S/C17H26N2O.ClH/c1-16(2,14-8-5-4-6-9-14)15(20)19-13-17(3)10-7-11-18-12-17;/h4-6,8-9,18H,7,10-13H2,1-3H3,(H,19,20);1H. The average molecular weight is 311 g/mol. The zero-order chi connectivity index (χ0) is 14.6. The van der Waals surface area contributed by atoms with Crippen LogP contribution in [0.2, 0.25) is 0 Å². The predicted octanol–water partition coefficient (Wildman–Crippen LogP) is 2.89. The van der Waals surface area contributed by atoms with E-state index in [0.29, 0.717) is 0 Å². The molecule has 3 nitrogen and oxygen atoms in total. The highest BCUT2D eigenvalue weighted by atomic mass is 35.5. The number of carbonyl (C=O) groups excluding carboxylic acids is 1. The van der Waals surface area contributed by atoms with E-state index < -0.39 is 5.41 Å². The van der Waals surface area contributed by atoms with Crippen LogP contribution in [0.5, 0.6) is 0 Å². The SMILES string of the molecule is CC1(CNC(=O)C(C)(C)c2ccccc2)CCCNC1.Cl. The number of piperidine rings is 1. The molecule has 1 atom stereocenters. The minimum atomic E-state index is -0.486. The van der Waals surface area contributed by atoms with E-state index in [9.17, 15) is 4.79 Å². The molecule has 0 aliphatic carbocycles. The van der Waals surface area contributed by atoms with Crippen LogP contribution in [0.15, 0.2) is 30.3 Å². The summed E-state index contributed by atoms with van der Waals surface area (Å²) in [4.78, 5) is 12.5. The van der Waals surface area contributed by atoms with E-state index >= 15 is 0 Å². The first-order valence-corrected chi connectivity index (χ1v) is 7.49. The molecule has 2 rings (SSSR count). The number of amides is 1. The number of rotatable bonds is 4. The van der Waals surface area contributed by atoms with Crippen molar-refractivity contribution in [2.24, 2.45) is 5.41 Å². The molecule has 0 aromatic heterocycles. The van der Waals surface area contributed by atoms with Crippen molar-refractivity contribution in [3.63, 3.8) is 0 Å². The lowest BCUT2D eigenvalue weighted by Crippen LogP contribution is -2.49. The summed E-state index contributed by atoms with van der Waals surface area (Å²) < 4.78 is 0. The van der Waals surface area contributed by atoms with Gasteiger partial charge in [0.05, 0.1) is 5.41 Å². The van der Waals surface area contributed by atoms with Crippen LogP contribution in [0, 0.1) is 5.41 Å². The Kier molecular flexibility index (Phi) is 6.24. The van der Waals surface area contributed by atoms with E-state index in [1.165, 1.54) is 12.8 Å². The first-order valence-electron chi connectivity index (χ1n) is 7.49. The van der Waals surface area contributed by atoms with Crippen molar-refractivity contribution >= 4 is 18.3 Å². The second kappa shape index (κ2) is 7.28. The molecule has 1 amide bonds. The van der Waals surface area contributed by atoms with E-state index in [1.807, 2.05) is 44.2 Å². The molecule has 21 heavy (non-hydrogen) atoms. The van der Waals surface area contributed by atoms with Gasteiger partial charge >= 0.3 is 0 Å². The van der Waals surface area contributed by atoms with Crippen LogP contribution in [0.4, 0.5) is 0 Å². The van der Waals surface area contributed by atoms with Gasteiger partial charge in [-0.2, -0.15) is 0 Å². The van der Waals surface area contributed by atoms with Gasteiger partial charge in [-0.3, -0.25) is 4.79 Å². The third kappa shape index (κ3) is 4.45. The highest BCUT2D eigenvalue weighted by Gasteiger charge is 2.32. The van der Waals surface area contributed by atoms with Crippen molar-refractivity contribution in [1.29, 1.82) is 0 Å². The van der Waals surface area contributed by atoms with Crippen molar-refractivity contribution in [3.8, 4) is 0 Å². The van der Waals surface area contributed by atoms with Gasteiger partial charge in [0.25, 0.3) is 0 Å². The van der Waals surface area contributed by atoms with Crippen molar-refractivity contribution in [1.82, 2.24) is 10.6 Å². The largest absolute Gasteiger partial charge is 0.355 e. The minimum absolute atomic E-state index is 0. The molecule has 1 saturated heterocycles. The Balaban J connectivity index is 0.00000220. The molecule has 1 aromatic carbocycles. The van der Waals surface area contributed by atoms with Gasteiger partial charge in [0.15, 0.2) is 0 Å². The highest BCUT2D eigenvalue weighted by Crippen LogP contribution is 2.26. The van der Waals surface area contributed by atoms with Crippen molar-refractivity contribution in [3.05, 3.63) is 35.9 Å². The van der Waals surface area contributed by atoms with Gasteiger partial charge < -0.3 is 10.6 Å². The lowest BCUT2D eigenvalue weighted by Gasteiger charge is -2.35. The van der Waals surface area contributed by atoms with Crippen LogP contribution in [0.25, 0.3) is 0 Å². The molecule has 1 heterocycles. The van der Waals surface area contributed by atoms with Gasteiger partial charge in [-0.05, 0) is 44.2 Å². The summed E-state index contributed by atoms with van der Waals surface area (Å²) in [6, 6.07) is 9.98. The molecule has 1 fully saturated rings. The van der Waals surface area contributed by atoms with Gasteiger partial charge in [0, 0.05) is 13.1 Å². The molecule has 4 heteroatoms. The summed E-state index contributed by atoms with van der Waals surface area (Å²) in [5, 5.41) is 6.57. The van der Waals surface area contributed by atoms with Crippen LogP contribution in [0.3, 0.4) is 0 Å². The Morgan fingerprint density at radius 3 is 2.57 bits per heavy atom. The molecule has 1 aromatic rings. The summed E-state index contributed by atoms with van der Waals surface area (Å²) >= 11 is 0. The minimum Gasteiger partial charge on any atom is -0.355 e. The third-order valence-electron chi connectivity index (χ3n) is 4.42. The summed E-state index contributed by atoms with van der Waals surface area (Å²) in [6.07, 6.45) is 2.36. The summed E-state index contributed by atoms with van der Waals surface area (Å²) in [6.45, 7) is 9.04. The second-order valence-corrected chi connectivity index (χ2v) is 6.76. The molecule has 1 unspecified atom stereocenters.